The zero-order chi connectivity index (χ0) is 34.3. The molecule has 0 radical (unpaired) electrons. The van der Waals surface area contributed by atoms with E-state index in [4.69, 9.17) is 0 Å². The molecule has 0 aliphatic heterocycles. The topological polar surface area (TPSA) is 22.0 Å². The Labute approximate surface area is 304 Å². The smallest absolute Gasteiger partial charge is 0.263 e. The molecule has 3 heteroatoms. The number of hydrogen-bond donors (Lipinski definition) is 0. The predicted molar refractivity (Wildman–Crippen MR) is 223 cm³/mol. The van der Waals surface area contributed by atoms with Crippen LogP contribution in [0.25, 0.3) is 97.4 Å². The van der Waals surface area contributed by atoms with Crippen LogP contribution in [0.4, 0.5) is 0 Å². The van der Waals surface area contributed by atoms with Crippen LogP contribution in [0.5, 0.6) is 0 Å². The van der Waals surface area contributed by atoms with Crippen molar-refractivity contribution >= 4 is 80.8 Å². The van der Waals surface area contributed by atoms with Crippen LogP contribution in [-0.4, -0.2) is 4.57 Å². The lowest BCUT2D eigenvalue weighted by molar-refractivity contribution is 1.00. The van der Waals surface area contributed by atoms with Gasteiger partial charge in [0.1, 0.15) is 0 Å². The van der Waals surface area contributed by atoms with Gasteiger partial charge < -0.3 is 0 Å². The van der Waals surface area contributed by atoms with Crippen molar-refractivity contribution in [1.82, 2.24) is 4.57 Å². The van der Waals surface area contributed by atoms with Crippen LogP contribution >= 0.6 is 11.3 Å². The Bertz CT molecular complexity index is 3220. The van der Waals surface area contributed by atoms with Crippen molar-refractivity contribution in [3.8, 4) is 27.9 Å². The number of rotatable bonds is 3. The largest absolute Gasteiger partial charge is 0.276 e. The molecular formula is C49H31NOS. The molecule has 2 aromatic heterocycles. The molecule has 1 aliphatic carbocycles. The number of hydrogen-bond acceptors (Lipinski definition) is 2. The highest BCUT2D eigenvalue weighted by molar-refractivity contribution is 7.25. The molecule has 0 bridgehead atoms. The second-order valence-electron chi connectivity index (χ2n) is 13.9. The van der Waals surface area contributed by atoms with Gasteiger partial charge >= 0.3 is 0 Å². The minimum atomic E-state index is -0.0108. The van der Waals surface area contributed by atoms with E-state index in [0.29, 0.717) is 5.39 Å². The average molecular weight is 682 g/mol. The number of benzene rings is 8. The first-order valence-electron chi connectivity index (χ1n) is 17.9. The molecule has 11 rings (SSSR count). The molecule has 8 aromatic carbocycles. The van der Waals surface area contributed by atoms with E-state index in [1.54, 1.807) is 0 Å². The fourth-order valence-corrected chi connectivity index (χ4v) is 9.69. The molecule has 2 nitrogen and oxygen atoms in total. The van der Waals surface area contributed by atoms with Crippen LogP contribution in [0, 0.1) is 0 Å². The summed E-state index contributed by atoms with van der Waals surface area (Å²) in [5.41, 5.74) is 9.05. The molecule has 0 amide bonds. The van der Waals surface area contributed by atoms with E-state index in [9.17, 15) is 4.79 Å². The first-order valence-corrected chi connectivity index (χ1v) is 18.8. The van der Waals surface area contributed by atoms with Crippen molar-refractivity contribution < 1.29 is 0 Å². The molecular weight excluding hydrogens is 651 g/mol. The molecule has 0 saturated carbocycles. The van der Waals surface area contributed by atoms with Crippen LogP contribution < -0.4 is 5.56 Å². The molecule has 0 fully saturated rings. The van der Waals surface area contributed by atoms with E-state index >= 15 is 0 Å². The lowest BCUT2D eigenvalue weighted by Crippen LogP contribution is -2.19. The highest BCUT2D eigenvalue weighted by Gasteiger charge is 2.17. The van der Waals surface area contributed by atoms with Crippen LogP contribution in [0.2, 0.25) is 0 Å². The fourth-order valence-electron chi connectivity index (χ4n) is 8.61. The summed E-state index contributed by atoms with van der Waals surface area (Å²) in [4.78, 5) is 14.4. The Kier molecular flexibility index (Phi) is 6.43. The summed E-state index contributed by atoms with van der Waals surface area (Å²) < 4.78 is 4.50. The number of fused-ring (bicyclic) bond motifs is 12. The lowest BCUT2D eigenvalue weighted by atomic mass is 9.86. The number of allylic oxidation sites excluding steroid dienone is 1. The van der Waals surface area contributed by atoms with Gasteiger partial charge in [-0.3, -0.25) is 9.36 Å². The number of aromatic nitrogens is 1. The Balaban J connectivity index is 1.09. The molecule has 52 heavy (non-hydrogen) atoms. The second-order valence-corrected chi connectivity index (χ2v) is 15.0. The van der Waals surface area contributed by atoms with E-state index in [0.717, 1.165) is 51.5 Å². The van der Waals surface area contributed by atoms with Gasteiger partial charge in [-0.1, -0.05) is 109 Å². The van der Waals surface area contributed by atoms with E-state index in [-0.39, 0.29) is 5.56 Å². The molecule has 0 unspecified atom stereocenters. The number of nitrogens with zero attached hydrogens (tertiary/aromatic N) is 1. The molecule has 2 heterocycles. The van der Waals surface area contributed by atoms with Crippen LogP contribution in [0.3, 0.4) is 0 Å². The quantitative estimate of drug-likeness (QED) is 0.170. The summed E-state index contributed by atoms with van der Waals surface area (Å²) in [5.74, 6) is 0. The zero-order valence-corrected chi connectivity index (χ0v) is 29.1. The molecule has 0 spiro atoms. The summed E-state index contributed by atoms with van der Waals surface area (Å²) >= 11 is 1.84. The van der Waals surface area contributed by atoms with Crippen molar-refractivity contribution in [1.29, 1.82) is 0 Å². The minimum Gasteiger partial charge on any atom is -0.276 e. The molecule has 0 saturated heterocycles. The van der Waals surface area contributed by atoms with Crippen molar-refractivity contribution in [3.63, 3.8) is 0 Å². The summed E-state index contributed by atoms with van der Waals surface area (Å²) in [6, 6.07) is 54.1. The highest BCUT2D eigenvalue weighted by Crippen LogP contribution is 2.40. The third-order valence-corrected chi connectivity index (χ3v) is 12.2. The van der Waals surface area contributed by atoms with Gasteiger partial charge in [-0.15, -0.1) is 11.3 Å². The maximum Gasteiger partial charge on any atom is 0.263 e. The Morgan fingerprint density at radius 1 is 0.462 bits per heavy atom. The van der Waals surface area contributed by atoms with Gasteiger partial charge in [0.05, 0.1) is 5.52 Å². The van der Waals surface area contributed by atoms with Gasteiger partial charge in [-0.05, 0) is 128 Å². The van der Waals surface area contributed by atoms with E-state index in [1.807, 2.05) is 34.1 Å². The highest BCUT2D eigenvalue weighted by atomic mass is 32.1. The fraction of sp³-hybridized carbons (Fsp3) is 0.0408. The number of aryl methyl sites for hydroxylation is 1. The number of pyridine rings is 1. The van der Waals surface area contributed by atoms with Gasteiger partial charge in [0.25, 0.3) is 5.56 Å². The SMILES string of the molecule is O=c1c2ccccc2c2cc(-c3ccc4sc5ccccc5c4c3)ccc2n1-c1cccc(-c2ccc3c(c2)c2c(c4ccccc43)CCC=C2)c1. The van der Waals surface area contributed by atoms with Gasteiger partial charge in [0.2, 0.25) is 0 Å². The standard InChI is InChI=1S/C49H31NOS/c51-49-42-18-6-5-16-39(42)44-28-32(33-22-25-48-45(29-33)41-17-7-8-19-47(41)52-48)21-24-46(44)50(49)34-11-9-10-30(26-34)31-20-23-40-37-14-2-1-12-35(37)36-13-3-4-15-38(36)43(40)27-31/h1-2,4-12,14-29H,3,13H2. The minimum absolute atomic E-state index is 0.0108. The van der Waals surface area contributed by atoms with Gasteiger partial charge in [0, 0.05) is 36.6 Å². The zero-order valence-electron chi connectivity index (χ0n) is 28.3. The van der Waals surface area contributed by atoms with Crippen LogP contribution in [0.1, 0.15) is 17.5 Å². The molecule has 10 aromatic rings. The van der Waals surface area contributed by atoms with E-state index < -0.39 is 0 Å². The van der Waals surface area contributed by atoms with Gasteiger partial charge in [-0.25, -0.2) is 0 Å². The third kappa shape index (κ3) is 4.39. The normalized spacial score (nSPS) is 12.8. The summed E-state index contributed by atoms with van der Waals surface area (Å²) in [6.07, 6.45) is 6.74. The Hall–Kier alpha value is -6.29. The van der Waals surface area contributed by atoms with Crippen molar-refractivity contribution in [3.05, 3.63) is 179 Å². The average Bonchev–Trinajstić information content (AvgIpc) is 3.59. The van der Waals surface area contributed by atoms with E-state index in [2.05, 4.69) is 146 Å². The number of thiophene rings is 1. The lowest BCUT2D eigenvalue weighted by Gasteiger charge is -2.19. The monoisotopic (exact) mass is 681 g/mol. The maximum atomic E-state index is 14.4. The molecule has 0 atom stereocenters. The van der Waals surface area contributed by atoms with Gasteiger partial charge in [0.15, 0.2) is 0 Å². The second kappa shape index (κ2) is 11.4. The van der Waals surface area contributed by atoms with Crippen molar-refractivity contribution in [2.24, 2.45) is 0 Å². The summed E-state index contributed by atoms with van der Waals surface area (Å²) in [7, 11) is 0. The Morgan fingerprint density at radius 3 is 1.92 bits per heavy atom. The first kappa shape index (κ1) is 29.4. The van der Waals surface area contributed by atoms with Crippen molar-refractivity contribution in [2.75, 3.05) is 0 Å². The molecule has 244 valence electrons. The summed E-state index contributed by atoms with van der Waals surface area (Å²) in [6.45, 7) is 0. The Morgan fingerprint density at radius 2 is 1.08 bits per heavy atom. The van der Waals surface area contributed by atoms with E-state index in [1.165, 1.54) is 58.4 Å². The predicted octanol–water partition coefficient (Wildman–Crippen LogP) is 13.1. The third-order valence-electron chi connectivity index (χ3n) is 11.1. The summed E-state index contributed by atoms with van der Waals surface area (Å²) in [5, 5.41) is 10.5. The first-order chi connectivity index (χ1) is 25.7. The van der Waals surface area contributed by atoms with Gasteiger partial charge in [-0.2, -0.15) is 0 Å². The molecule has 0 N–H and O–H groups in total. The molecule has 1 aliphatic rings. The van der Waals surface area contributed by atoms with Crippen LogP contribution in [0.15, 0.2) is 163 Å². The van der Waals surface area contributed by atoms with Crippen molar-refractivity contribution in [2.45, 2.75) is 12.8 Å². The maximum absolute atomic E-state index is 14.4. The van der Waals surface area contributed by atoms with Crippen LogP contribution in [-0.2, 0) is 6.42 Å².